The molecule has 3 N–H and O–H groups in total. The van der Waals surface area contributed by atoms with E-state index in [9.17, 15) is 29.1 Å². The zero-order valence-corrected chi connectivity index (χ0v) is 26.0. The van der Waals surface area contributed by atoms with Crippen LogP contribution in [-0.2, 0) is 38.1 Å². The van der Waals surface area contributed by atoms with Crippen molar-refractivity contribution in [3.8, 4) is 0 Å². The van der Waals surface area contributed by atoms with Crippen molar-refractivity contribution < 1.29 is 48.0 Å². The third-order valence-corrected chi connectivity index (χ3v) is 9.17. The van der Waals surface area contributed by atoms with Crippen LogP contribution in [0.4, 0.5) is 4.79 Å². The van der Waals surface area contributed by atoms with Crippen LogP contribution in [0.2, 0.25) is 0 Å². The van der Waals surface area contributed by atoms with Gasteiger partial charge in [-0.2, -0.15) is 0 Å². The number of imide groups is 1. The molecule has 2 aliphatic heterocycles. The fraction of sp³-hybridized carbons (Fsp3) is 0.759. The molecule has 2 heterocycles. The average Bonchev–Trinajstić information content (AvgIpc) is 3.82. The molecule has 236 valence electrons. The lowest BCUT2D eigenvalue weighted by atomic mass is 9.68. The van der Waals surface area contributed by atoms with Gasteiger partial charge in [0, 0.05) is 31.6 Å². The summed E-state index contributed by atoms with van der Waals surface area (Å²) in [6.45, 7) is 10.2. The van der Waals surface area contributed by atoms with E-state index in [-0.39, 0.29) is 53.7 Å². The molecular weight excluding hydrogens is 568 g/mol. The molecule has 13 heteroatoms. The SMILES string of the molecule is CO[C@@H]1[C@H](OC(=O)NC(=O)CSC[C@@H](NC(=O)CCC(=O)C(C)C)C(=O)O)CC[C@]2(CO2)[C@H]1[C@@]1(C)O[C@@H]1CC=C(C)C. The van der Waals surface area contributed by atoms with Crippen LogP contribution in [0.25, 0.3) is 0 Å². The van der Waals surface area contributed by atoms with Gasteiger partial charge in [0.05, 0.1) is 24.4 Å². The van der Waals surface area contributed by atoms with E-state index in [4.69, 9.17) is 18.9 Å². The van der Waals surface area contributed by atoms with E-state index >= 15 is 0 Å². The number of carbonyl (C=O) groups excluding carboxylic acids is 4. The Labute approximate surface area is 251 Å². The number of Topliss-reactive ketones (excluding diaryl/α,β-unsaturated/α-hetero) is 1. The lowest BCUT2D eigenvalue weighted by molar-refractivity contribution is -0.141. The highest BCUT2D eigenvalue weighted by Crippen LogP contribution is 2.59. The number of hydrogen-bond donors (Lipinski definition) is 3. The molecule has 3 amide bonds. The third-order valence-electron chi connectivity index (χ3n) is 8.13. The van der Waals surface area contributed by atoms with Crippen LogP contribution in [-0.4, -0.2) is 95.5 Å². The number of aliphatic carboxylic acids is 1. The van der Waals surface area contributed by atoms with E-state index in [2.05, 4.69) is 16.7 Å². The number of carboxylic acid groups (broad SMARTS) is 1. The minimum absolute atomic E-state index is 0.00393. The molecule has 0 aromatic heterocycles. The van der Waals surface area contributed by atoms with Crippen molar-refractivity contribution in [2.45, 2.75) is 102 Å². The minimum atomic E-state index is -1.27. The Kier molecular flexibility index (Phi) is 11.6. The van der Waals surface area contributed by atoms with Crippen LogP contribution in [0.5, 0.6) is 0 Å². The smallest absolute Gasteiger partial charge is 0.414 e. The highest BCUT2D eigenvalue weighted by atomic mass is 32.2. The molecule has 3 rings (SSSR count). The van der Waals surface area contributed by atoms with Crippen LogP contribution in [0.1, 0.15) is 66.7 Å². The van der Waals surface area contributed by atoms with E-state index in [0.29, 0.717) is 19.4 Å². The number of nitrogens with one attached hydrogen (secondary N) is 2. The van der Waals surface area contributed by atoms with Gasteiger partial charge in [0.1, 0.15) is 35.2 Å². The second-order valence-electron chi connectivity index (χ2n) is 12.0. The van der Waals surface area contributed by atoms with Crippen LogP contribution in [0, 0.1) is 11.8 Å². The van der Waals surface area contributed by atoms with Gasteiger partial charge in [-0.25, -0.2) is 9.59 Å². The quantitative estimate of drug-likeness (QED) is 0.183. The highest BCUT2D eigenvalue weighted by Gasteiger charge is 2.72. The Morgan fingerprint density at radius 2 is 1.83 bits per heavy atom. The molecule has 7 atom stereocenters. The summed E-state index contributed by atoms with van der Waals surface area (Å²) in [5.74, 6) is -3.27. The Morgan fingerprint density at radius 3 is 2.40 bits per heavy atom. The first-order valence-electron chi connectivity index (χ1n) is 14.3. The first-order valence-corrected chi connectivity index (χ1v) is 15.5. The summed E-state index contributed by atoms with van der Waals surface area (Å²) in [6.07, 6.45) is 1.96. The number of carboxylic acids is 1. The number of ketones is 1. The number of carbonyl (C=O) groups is 5. The maximum Gasteiger partial charge on any atom is 0.414 e. The molecule has 3 fully saturated rings. The van der Waals surface area contributed by atoms with Crippen molar-refractivity contribution in [3.05, 3.63) is 11.6 Å². The summed E-state index contributed by atoms with van der Waals surface area (Å²) in [5, 5.41) is 14.0. The lowest BCUT2D eigenvalue weighted by Crippen LogP contribution is -2.56. The number of ether oxygens (including phenoxy) is 4. The number of epoxide rings is 2. The van der Waals surface area contributed by atoms with Crippen molar-refractivity contribution >= 4 is 41.4 Å². The standard InChI is InChI=1S/C29H44N2O10S/c1-16(2)7-9-21-28(5,41-21)25-24(38-6)20(11-12-29(25)15-39-29)40-27(37)31-23(34)14-42-13-18(26(35)36)30-22(33)10-8-19(32)17(3)4/h7,17-18,20-21,24-25H,8-15H2,1-6H3,(H,30,33)(H,35,36)(H,31,34,37)/t18-,20-,21-,24-,25-,28+,29+/m1/s1. The van der Waals surface area contributed by atoms with Crippen molar-refractivity contribution in [2.75, 3.05) is 25.2 Å². The van der Waals surface area contributed by atoms with Gasteiger partial charge >= 0.3 is 12.1 Å². The fourth-order valence-electron chi connectivity index (χ4n) is 5.62. The van der Waals surface area contributed by atoms with Crippen molar-refractivity contribution in [1.82, 2.24) is 10.6 Å². The molecule has 0 aromatic carbocycles. The van der Waals surface area contributed by atoms with Gasteiger partial charge in [-0.1, -0.05) is 25.5 Å². The molecule has 1 aliphatic carbocycles. The molecular formula is C29H44N2O10S. The molecule has 3 aliphatic rings. The summed E-state index contributed by atoms with van der Waals surface area (Å²) in [4.78, 5) is 60.4. The normalized spacial score (nSPS) is 30.3. The van der Waals surface area contributed by atoms with Crippen molar-refractivity contribution in [1.29, 1.82) is 0 Å². The number of thioether (sulfide) groups is 1. The zero-order chi connectivity index (χ0) is 31.2. The largest absolute Gasteiger partial charge is 0.480 e. The van der Waals surface area contributed by atoms with Gasteiger partial charge in [0.2, 0.25) is 11.8 Å². The maximum atomic E-state index is 12.6. The minimum Gasteiger partial charge on any atom is -0.480 e. The second-order valence-corrected chi connectivity index (χ2v) is 13.0. The number of methoxy groups -OCH3 is 1. The van der Waals surface area contributed by atoms with E-state index in [1.807, 2.05) is 20.8 Å². The van der Waals surface area contributed by atoms with Gasteiger partial charge in [-0.05, 0) is 40.0 Å². The topological polar surface area (TPSA) is 173 Å². The van der Waals surface area contributed by atoms with Crippen molar-refractivity contribution in [2.24, 2.45) is 11.8 Å². The number of allylic oxidation sites excluding steroid dienone is 1. The Morgan fingerprint density at radius 1 is 1.14 bits per heavy atom. The Bertz CT molecular complexity index is 1070. The number of alkyl carbamates (subject to hydrolysis) is 1. The van der Waals surface area contributed by atoms with Gasteiger partial charge in [-0.15, -0.1) is 11.8 Å². The third kappa shape index (κ3) is 8.77. The molecule has 2 saturated heterocycles. The lowest BCUT2D eigenvalue weighted by Gasteiger charge is -2.42. The molecule has 0 radical (unpaired) electrons. The van der Waals surface area contributed by atoms with Gasteiger partial charge in [-0.3, -0.25) is 19.7 Å². The van der Waals surface area contributed by atoms with Crippen LogP contribution < -0.4 is 10.6 Å². The van der Waals surface area contributed by atoms with Gasteiger partial charge in [0.15, 0.2) is 0 Å². The summed E-state index contributed by atoms with van der Waals surface area (Å²) >= 11 is 0.944. The predicted molar refractivity (Wildman–Crippen MR) is 154 cm³/mol. The molecule has 42 heavy (non-hydrogen) atoms. The van der Waals surface area contributed by atoms with Crippen LogP contribution >= 0.6 is 11.8 Å². The fourth-order valence-corrected chi connectivity index (χ4v) is 6.46. The number of hydrogen-bond acceptors (Lipinski definition) is 10. The number of amides is 3. The molecule has 0 unspecified atom stereocenters. The van der Waals surface area contributed by atoms with Gasteiger partial charge < -0.3 is 29.4 Å². The first kappa shape index (κ1) is 34.0. The first-order chi connectivity index (χ1) is 19.7. The van der Waals surface area contributed by atoms with Gasteiger partial charge in [0.25, 0.3) is 0 Å². The average molecular weight is 613 g/mol. The monoisotopic (exact) mass is 612 g/mol. The molecule has 1 spiro atoms. The van der Waals surface area contributed by atoms with E-state index in [1.54, 1.807) is 21.0 Å². The van der Waals surface area contributed by atoms with Crippen LogP contribution in [0.15, 0.2) is 11.6 Å². The maximum absolute atomic E-state index is 12.6. The van der Waals surface area contributed by atoms with E-state index < -0.39 is 47.7 Å². The molecule has 1 saturated carbocycles. The number of rotatable bonds is 15. The molecule has 0 bridgehead atoms. The zero-order valence-electron chi connectivity index (χ0n) is 25.2. The predicted octanol–water partition coefficient (Wildman–Crippen LogP) is 2.62. The van der Waals surface area contributed by atoms with E-state index in [0.717, 1.165) is 18.2 Å². The molecule has 12 nitrogen and oxygen atoms in total. The van der Waals surface area contributed by atoms with Crippen LogP contribution in [0.3, 0.4) is 0 Å². The second kappa shape index (κ2) is 14.3. The summed E-state index contributed by atoms with van der Waals surface area (Å²) in [6, 6.07) is -1.25. The van der Waals surface area contributed by atoms with E-state index in [1.165, 1.54) is 5.57 Å². The molecule has 0 aromatic rings. The van der Waals surface area contributed by atoms with Crippen molar-refractivity contribution in [3.63, 3.8) is 0 Å². The summed E-state index contributed by atoms with van der Waals surface area (Å²) < 4.78 is 23.6. The highest BCUT2D eigenvalue weighted by molar-refractivity contribution is 8.00. The summed E-state index contributed by atoms with van der Waals surface area (Å²) in [5.41, 5.74) is 0.336. The Balaban J connectivity index is 1.47. The Hall–Kier alpha value is -2.48. The summed E-state index contributed by atoms with van der Waals surface area (Å²) in [7, 11) is 1.56.